The van der Waals surface area contributed by atoms with Gasteiger partial charge in [0.2, 0.25) is 17.7 Å². The van der Waals surface area contributed by atoms with Crippen LogP contribution in [0.3, 0.4) is 0 Å². The number of para-hydroxylation sites is 2. The Morgan fingerprint density at radius 3 is 2.48 bits per heavy atom. The molecule has 0 bridgehead atoms. The van der Waals surface area contributed by atoms with Crippen LogP contribution >= 0.6 is 0 Å². The zero-order valence-corrected chi connectivity index (χ0v) is 29.0. The number of fused-ring (bicyclic) bond motifs is 1. The molecule has 0 aliphatic carbocycles. The molecule has 3 heterocycles. The molecule has 1 aliphatic heterocycles. The first-order valence-corrected chi connectivity index (χ1v) is 16.9. The third-order valence-corrected chi connectivity index (χ3v) is 8.48. The van der Waals surface area contributed by atoms with Crippen molar-refractivity contribution in [3.05, 3.63) is 89.8 Å². The number of hydrogen-bond acceptors (Lipinski definition) is 8. The standard InChI is InChI=1S/C36H45N9O5/c1-24(2)33-34-39-25(3)42-45(34)23-32(47)37-17-11-19-43(36(49)27-21-38-44(22-27)29-14-8-9-15-30(29)50-4)18-10-16-31(46)40-28(35(48)41-33)20-26-12-6-5-7-13-26/h5-9,12-15,21-22,24,28,33H,10-11,16-20,23H2,1-4H3,(H,37,47)(H,40,46)(H,41,48)/t28-,33+/m1/s1. The minimum absolute atomic E-state index is 0.0895. The Morgan fingerprint density at radius 1 is 0.980 bits per heavy atom. The van der Waals surface area contributed by atoms with E-state index in [1.807, 2.05) is 68.4 Å². The van der Waals surface area contributed by atoms with Crippen molar-refractivity contribution in [3.8, 4) is 11.4 Å². The fourth-order valence-electron chi connectivity index (χ4n) is 5.93. The summed E-state index contributed by atoms with van der Waals surface area (Å²) < 4.78 is 8.55. The summed E-state index contributed by atoms with van der Waals surface area (Å²) in [7, 11) is 1.57. The van der Waals surface area contributed by atoms with Crippen molar-refractivity contribution in [2.45, 2.75) is 65.1 Å². The van der Waals surface area contributed by atoms with Crippen molar-refractivity contribution in [1.82, 2.24) is 45.4 Å². The van der Waals surface area contributed by atoms with Gasteiger partial charge in [0, 0.05) is 38.7 Å². The van der Waals surface area contributed by atoms with Crippen LogP contribution < -0.4 is 20.7 Å². The minimum Gasteiger partial charge on any atom is -0.494 e. The number of methoxy groups -OCH3 is 1. The summed E-state index contributed by atoms with van der Waals surface area (Å²) in [5, 5.41) is 17.8. The molecule has 0 radical (unpaired) electrons. The molecule has 2 aromatic heterocycles. The predicted molar refractivity (Wildman–Crippen MR) is 185 cm³/mol. The first-order valence-electron chi connectivity index (χ1n) is 16.9. The molecule has 4 aromatic rings. The van der Waals surface area contributed by atoms with Crippen molar-refractivity contribution >= 4 is 23.6 Å². The lowest BCUT2D eigenvalue weighted by Crippen LogP contribution is -2.50. The maximum atomic E-state index is 13.9. The van der Waals surface area contributed by atoms with Crippen molar-refractivity contribution in [1.29, 1.82) is 0 Å². The van der Waals surface area contributed by atoms with Crippen LogP contribution in [0, 0.1) is 12.8 Å². The summed E-state index contributed by atoms with van der Waals surface area (Å²) in [5.41, 5.74) is 1.95. The molecule has 1 aliphatic rings. The number of aromatic nitrogens is 5. The van der Waals surface area contributed by atoms with Gasteiger partial charge in [-0.2, -0.15) is 10.2 Å². The third-order valence-electron chi connectivity index (χ3n) is 8.48. The van der Waals surface area contributed by atoms with Gasteiger partial charge in [0.25, 0.3) is 5.91 Å². The number of nitrogens with zero attached hydrogens (tertiary/aromatic N) is 6. The molecule has 0 unspecified atom stereocenters. The molecule has 264 valence electrons. The average molecular weight is 684 g/mol. The van der Waals surface area contributed by atoms with Crippen molar-refractivity contribution in [3.63, 3.8) is 0 Å². The van der Waals surface area contributed by atoms with Gasteiger partial charge >= 0.3 is 0 Å². The highest BCUT2D eigenvalue weighted by atomic mass is 16.5. The van der Waals surface area contributed by atoms with E-state index >= 15 is 0 Å². The van der Waals surface area contributed by atoms with Gasteiger partial charge in [-0.15, -0.1) is 0 Å². The zero-order chi connectivity index (χ0) is 35.6. The summed E-state index contributed by atoms with van der Waals surface area (Å²) in [5.74, 6) is 0.252. The molecule has 14 heteroatoms. The van der Waals surface area contributed by atoms with E-state index in [-0.39, 0.29) is 55.5 Å². The fraction of sp³-hybridized carbons (Fsp3) is 0.417. The van der Waals surface area contributed by atoms with Gasteiger partial charge in [0.1, 0.15) is 29.8 Å². The lowest BCUT2D eigenvalue weighted by atomic mass is 10.0. The Bertz CT molecular complexity index is 1780. The van der Waals surface area contributed by atoms with Crippen LogP contribution in [0.5, 0.6) is 5.75 Å². The number of aryl methyl sites for hydroxylation is 1. The summed E-state index contributed by atoms with van der Waals surface area (Å²) >= 11 is 0. The van der Waals surface area contributed by atoms with Gasteiger partial charge in [-0.05, 0) is 43.4 Å². The molecule has 0 saturated carbocycles. The Kier molecular flexibility index (Phi) is 12.0. The Morgan fingerprint density at radius 2 is 1.72 bits per heavy atom. The van der Waals surface area contributed by atoms with Crippen molar-refractivity contribution < 1.29 is 23.9 Å². The van der Waals surface area contributed by atoms with E-state index in [9.17, 15) is 19.2 Å². The Hall–Kier alpha value is -5.53. The summed E-state index contributed by atoms with van der Waals surface area (Å²) in [6, 6.07) is 15.4. The molecule has 50 heavy (non-hydrogen) atoms. The molecule has 2 aromatic carbocycles. The molecule has 4 amide bonds. The average Bonchev–Trinajstić information content (AvgIpc) is 3.74. The second-order valence-corrected chi connectivity index (χ2v) is 12.7. The maximum absolute atomic E-state index is 13.9. The van der Waals surface area contributed by atoms with Gasteiger partial charge in [-0.25, -0.2) is 14.3 Å². The molecule has 2 atom stereocenters. The van der Waals surface area contributed by atoms with Crippen LogP contribution in [-0.4, -0.2) is 85.9 Å². The van der Waals surface area contributed by atoms with Crippen molar-refractivity contribution in [2.24, 2.45) is 5.92 Å². The second kappa shape index (κ2) is 16.7. The highest BCUT2D eigenvalue weighted by Gasteiger charge is 2.30. The summed E-state index contributed by atoms with van der Waals surface area (Å²) in [6.45, 7) is 6.48. The molecular weight excluding hydrogens is 638 g/mol. The van der Waals surface area contributed by atoms with E-state index in [1.165, 1.54) is 10.9 Å². The van der Waals surface area contributed by atoms with E-state index in [2.05, 4.69) is 31.1 Å². The first kappa shape index (κ1) is 35.8. The smallest absolute Gasteiger partial charge is 0.257 e. The van der Waals surface area contributed by atoms with Crippen LogP contribution in [0.25, 0.3) is 5.69 Å². The first-order chi connectivity index (χ1) is 24.1. The number of benzene rings is 2. The molecule has 0 saturated heterocycles. The number of nitrogens with one attached hydrogen (secondary N) is 3. The zero-order valence-electron chi connectivity index (χ0n) is 29.0. The van der Waals surface area contributed by atoms with Crippen molar-refractivity contribution in [2.75, 3.05) is 26.7 Å². The number of rotatable bonds is 6. The topological polar surface area (TPSA) is 165 Å². The minimum atomic E-state index is -0.871. The normalized spacial score (nSPS) is 18.3. The van der Waals surface area contributed by atoms with Gasteiger partial charge in [0.15, 0.2) is 5.82 Å². The van der Waals surface area contributed by atoms with Crippen LogP contribution in [-0.2, 0) is 27.3 Å². The number of carbonyl (C=O) groups is 4. The number of carbonyl (C=O) groups excluding carboxylic acids is 4. The molecule has 3 N–H and O–H groups in total. The number of ether oxygens (including phenoxy) is 1. The molecule has 0 fully saturated rings. The van der Waals surface area contributed by atoms with Crippen LogP contribution in [0.4, 0.5) is 0 Å². The van der Waals surface area contributed by atoms with Gasteiger partial charge in [-0.3, -0.25) is 19.2 Å². The monoisotopic (exact) mass is 683 g/mol. The fourth-order valence-corrected chi connectivity index (χ4v) is 5.93. The highest BCUT2D eigenvalue weighted by Crippen LogP contribution is 2.23. The van der Waals surface area contributed by atoms with E-state index in [0.29, 0.717) is 54.6 Å². The number of hydrogen-bond donors (Lipinski definition) is 3. The summed E-state index contributed by atoms with van der Waals surface area (Å²) in [4.78, 5) is 60.3. The van der Waals surface area contributed by atoms with E-state index < -0.39 is 12.1 Å². The number of amides is 4. The quantitative estimate of drug-likeness (QED) is 0.279. The van der Waals surface area contributed by atoms with E-state index in [0.717, 1.165) is 5.56 Å². The van der Waals surface area contributed by atoms with Gasteiger partial charge < -0.3 is 25.6 Å². The Balaban J connectivity index is 1.38. The van der Waals surface area contributed by atoms with E-state index in [4.69, 9.17) is 4.74 Å². The molecule has 14 nitrogen and oxygen atoms in total. The second-order valence-electron chi connectivity index (χ2n) is 12.7. The van der Waals surface area contributed by atoms with Crippen LogP contribution in [0.15, 0.2) is 67.0 Å². The SMILES string of the molecule is COc1ccccc1-n1cc(C(=O)N2CCCNC(=O)Cn3nc(C)nc3[C@H](C(C)C)NC(=O)[C@@H](Cc3ccccc3)NC(=O)CCC2)cn1. The maximum Gasteiger partial charge on any atom is 0.257 e. The molecular formula is C36H45N9O5. The van der Waals surface area contributed by atoms with E-state index in [1.54, 1.807) is 29.8 Å². The largest absolute Gasteiger partial charge is 0.494 e. The van der Waals surface area contributed by atoms with Gasteiger partial charge in [-0.1, -0.05) is 56.3 Å². The van der Waals surface area contributed by atoms with Crippen LogP contribution in [0.1, 0.15) is 66.7 Å². The highest BCUT2D eigenvalue weighted by molar-refractivity contribution is 5.94. The lowest BCUT2D eigenvalue weighted by molar-refractivity contribution is -0.129. The third kappa shape index (κ3) is 9.12. The lowest BCUT2D eigenvalue weighted by Gasteiger charge is -2.26. The molecule has 5 rings (SSSR count). The van der Waals surface area contributed by atoms with Gasteiger partial charge in [0.05, 0.1) is 24.9 Å². The summed E-state index contributed by atoms with van der Waals surface area (Å²) in [6.07, 6.45) is 4.37. The predicted octanol–water partition coefficient (Wildman–Crippen LogP) is 2.76. The van der Waals surface area contributed by atoms with Crippen LogP contribution in [0.2, 0.25) is 0 Å². The molecule has 0 spiro atoms. The Labute approximate surface area is 291 Å².